The average molecular weight is 451 g/mol. The van der Waals surface area contributed by atoms with Gasteiger partial charge in [0.05, 0.1) is 5.56 Å². The van der Waals surface area contributed by atoms with Crippen molar-refractivity contribution >= 4 is 40.0 Å². The lowest BCUT2D eigenvalue weighted by molar-refractivity contribution is -0.137. The van der Waals surface area contributed by atoms with Gasteiger partial charge in [0.1, 0.15) is 5.17 Å². The van der Waals surface area contributed by atoms with Crippen LogP contribution in [0.2, 0.25) is 0 Å². The molecule has 5 N–H and O–H groups in total. The fraction of sp³-hybridized carbons (Fsp3) is 0.190. The van der Waals surface area contributed by atoms with E-state index in [1.165, 1.54) is 30.3 Å². The lowest BCUT2D eigenvalue weighted by atomic mass is 9.83. The number of hydrogen-bond donors (Lipinski definition) is 4. The molecule has 1 atom stereocenters. The molecular weight excluding hydrogens is 433 g/mol. The summed E-state index contributed by atoms with van der Waals surface area (Å²) in [4.78, 5) is 25.1. The fourth-order valence-electron chi connectivity index (χ4n) is 3.42. The number of carbonyl (C=O) groups is 2. The number of allylic oxidation sites excluding steroid dienone is 1. The zero-order valence-electron chi connectivity index (χ0n) is 16.2. The first kappa shape index (κ1) is 22.4. The van der Waals surface area contributed by atoms with Gasteiger partial charge in [-0.1, -0.05) is 23.7 Å². The molecule has 0 radical (unpaired) electrons. The van der Waals surface area contributed by atoms with Crippen molar-refractivity contribution in [2.45, 2.75) is 25.4 Å². The van der Waals surface area contributed by atoms with Crippen molar-refractivity contribution in [1.82, 2.24) is 5.32 Å². The van der Waals surface area contributed by atoms with Crippen LogP contribution in [0.25, 0.3) is 0 Å². The molecule has 31 heavy (non-hydrogen) atoms. The van der Waals surface area contributed by atoms with Gasteiger partial charge in [-0.15, -0.1) is 0 Å². The molecule has 10 heteroatoms. The highest BCUT2D eigenvalue weighted by atomic mass is 35.5. The van der Waals surface area contributed by atoms with Gasteiger partial charge in [-0.2, -0.15) is 13.2 Å². The van der Waals surface area contributed by atoms with Crippen LogP contribution in [0.15, 0.2) is 53.7 Å². The highest BCUT2D eigenvalue weighted by molar-refractivity contribution is 6.69. The van der Waals surface area contributed by atoms with Crippen LogP contribution in [-0.4, -0.2) is 17.0 Å². The maximum atomic E-state index is 13.0. The Morgan fingerprint density at radius 2 is 1.87 bits per heavy atom. The quantitative estimate of drug-likeness (QED) is 0.410. The van der Waals surface area contributed by atoms with E-state index in [4.69, 9.17) is 22.7 Å². The Morgan fingerprint density at radius 1 is 1.23 bits per heavy atom. The minimum atomic E-state index is -4.49. The standard InChI is InChI=1S/C21H18ClF3N4O2/c1-10-18(20(31)29-13-6-7-16(26)15(8-13)19(22)27)14(9-17(30)28-10)11-2-4-12(5-3-11)21(23,24)25/h2-8,14,27H,9,26H2,1H3,(H,28,30)(H,29,31). The van der Waals surface area contributed by atoms with Crippen molar-refractivity contribution in [3.05, 3.63) is 70.4 Å². The normalized spacial score (nSPS) is 16.7. The van der Waals surface area contributed by atoms with E-state index in [0.717, 1.165) is 12.1 Å². The fourth-order valence-corrected chi connectivity index (χ4v) is 3.58. The number of anilines is 2. The largest absolute Gasteiger partial charge is 0.416 e. The van der Waals surface area contributed by atoms with E-state index in [0.29, 0.717) is 16.9 Å². The molecule has 6 nitrogen and oxygen atoms in total. The van der Waals surface area contributed by atoms with Gasteiger partial charge in [0.2, 0.25) is 5.91 Å². The Bertz CT molecular complexity index is 1090. The molecule has 3 rings (SSSR count). The molecule has 0 bridgehead atoms. The molecule has 0 aliphatic carbocycles. The molecule has 0 fully saturated rings. The molecule has 1 aliphatic rings. The number of nitrogen functional groups attached to an aromatic ring is 1. The van der Waals surface area contributed by atoms with Crippen LogP contribution in [0.4, 0.5) is 24.5 Å². The SMILES string of the molecule is CC1=C(C(=O)Nc2ccc(N)c(C(=N)Cl)c2)C(c2ccc(C(F)(F)F)cc2)CC(=O)N1. The summed E-state index contributed by atoms with van der Waals surface area (Å²) in [7, 11) is 0. The average Bonchev–Trinajstić information content (AvgIpc) is 2.68. The summed E-state index contributed by atoms with van der Waals surface area (Å²) in [6.45, 7) is 1.55. The number of nitrogens with one attached hydrogen (secondary N) is 3. The van der Waals surface area contributed by atoms with Crippen LogP contribution in [-0.2, 0) is 15.8 Å². The number of hydrogen-bond acceptors (Lipinski definition) is 4. The van der Waals surface area contributed by atoms with Gasteiger partial charge in [0, 0.05) is 40.5 Å². The smallest absolute Gasteiger partial charge is 0.398 e. The Kier molecular flexibility index (Phi) is 6.08. The van der Waals surface area contributed by atoms with Crippen molar-refractivity contribution in [2.75, 3.05) is 11.1 Å². The molecule has 2 aromatic carbocycles. The molecule has 0 saturated carbocycles. The summed E-state index contributed by atoms with van der Waals surface area (Å²) < 4.78 is 38.6. The Morgan fingerprint density at radius 3 is 2.45 bits per heavy atom. The van der Waals surface area contributed by atoms with Crippen LogP contribution in [0, 0.1) is 5.41 Å². The topological polar surface area (TPSA) is 108 Å². The number of benzene rings is 2. The summed E-state index contributed by atoms with van der Waals surface area (Å²) in [6, 6.07) is 8.83. The third-order valence-electron chi connectivity index (χ3n) is 4.90. The summed E-state index contributed by atoms with van der Waals surface area (Å²) in [6.07, 6.45) is -4.58. The summed E-state index contributed by atoms with van der Waals surface area (Å²) in [5.41, 5.74) is 6.71. The molecule has 162 valence electrons. The van der Waals surface area contributed by atoms with Gasteiger partial charge in [0.15, 0.2) is 0 Å². The third kappa shape index (κ3) is 4.88. The second-order valence-electron chi connectivity index (χ2n) is 7.03. The van der Waals surface area contributed by atoms with E-state index >= 15 is 0 Å². The van der Waals surface area contributed by atoms with Gasteiger partial charge < -0.3 is 16.4 Å². The van der Waals surface area contributed by atoms with E-state index in [1.807, 2.05) is 0 Å². The van der Waals surface area contributed by atoms with Crippen LogP contribution in [0.3, 0.4) is 0 Å². The zero-order chi connectivity index (χ0) is 22.9. The van der Waals surface area contributed by atoms with E-state index in [2.05, 4.69) is 10.6 Å². The molecule has 0 spiro atoms. The zero-order valence-corrected chi connectivity index (χ0v) is 17.0. The van der Waals surface area contributed by atoms with Crippen molar-refractivity contribution in [3.63, 3.8) is 0 Å². The van der Waals surface area contributed by atoms with Crippen molar-refractivity contribution in [2.24, 2.45) is 0 Å². The second-order valence-corrected chi connectivity index (χ2v) is 7.41. The van der Waals surface area contributed by atoms with Crippen molar-refractivity contribution in [1.29, 1.82) is 5.41 Å². The maximum Gasteiger partial charge on any atom is 0.416 e. The highest BCUT2D eigenvalue weighted by Gasteiger charge is 2.34. The Labute approximate surface area is 180 Å². The second kappa shape index (κ2) is 8.43. The van der Waals surface area contributed by atoms with Gasteiger partial charge in [0.25, 0.3) is 5.91 Å². The van der Waals surface area contributed by atoms with E-state index in [-0.39, 0.29) is 34.3 Å². The van der Waals surface area contributed by atoms with Crippen molar-refractivity contribution < 1.29 is 22.8 Å². The number of carbonyl (C=O) groups excluding carboxylic acids is 2. The molecular formula is C21H18ClF3N4O2. The van der Waals surface area contributed by atoms with Crippen LogP contribution < -0.4 is 16.4 Å². The predicted molar refractivity (Wildman–Crippen MR) is 112 cm³/mol. The van der Waals surface area contributed by atoms with Gasteiger partial charge in [-0.25, -0.2) is 0 Å². The molecule has 0 saturated heterocycles. The van der Waals surface area contributed by atoms with Crippen LogP contribution >= 0.6 is 11.6 Å². The summed E-state index contributed by atoms with van der Waals surface area (Å²) in [5, 5.41) is 12.5. The molecule has 2 amide bonds. The van der Waals surface area contributed by atoms with Gasteiger partial charge >= 0.3 is 6.18 Å². The van der Waals surface area contributed by atoms with E-state index < -0.39 is 23.6 Å². The lowest BCUT2D eigenvalue weighted by Crippen LogP contribution is -2.35. The minimum absolute atomic E-state index is 0.0925. The summed E-state index contributed by atoms with van der Waals surface area (Å²) >= 11 is 5.71. The predicted octanol–water partition coefficient (Wildman–Crippen LogP) is 4.37. The van der Waals surface area contributed by atoms with Gasteiger partial charge in [-0.05, 0) is 42.8 Å². The van der Waals surface area contributed by atoms with Crippen LogP contribution in [0.5, 0.6) is 0 Å². The first-order chi connectivity index (χ1) is 14.5. The number of alkyl halides is 3. The minimum Gasteiger partial charge on any atom is -0.398 e. The summed E-state index contributed by atoms with van der Waals surface area (Å²) in [5.74, 6) is -1.61. The number of halogens is 4. The number of rotatable bonds is 4. The Hall–Kier alpha value is -3.33. The highest BCUT2D eigenvalue weighted by Crippen LogP contribution is 2.36. The van der Waals surface area contributed by atoms with Gasteiger partial charge in [-0.3, -0.25) is 15.0 Å². The molecule has 1 aliphatic heterocycles. The molecule has 1 heterocycles. The first-order valence-electron chi connectivity index (χ1n) is 9.10. The van der Waals surface area contributed by atoms with Crippen molar-refractivity contribution in [3.8, 4) is 0 Å². The first-order valence-corrected chi connectivity index (χ1v) is 9.48. The maximum absolute atomic E-state index is 13.0. The third-order valence-corrected chi connectivity index (χ3v) is 5.11. The van der Waals surface area contributed by atoms with E-state index in [9.17, 15) is 22.8 Å². The monoisotopic (exact) mass is 450 g/mol. The number of nitrogens with two attached hydrogens (primary N) is 1. The molecule has 1 unspecified atom stereocenters. The number of amides is 2. The molecule has 2 aromatic rings. The lowest BCUT2D eigenvalue weighted by Gasteiger charge is -2.27. The van der Waals surface area contributed by atoms with Crippen LogP contribution in [0.1, 0.15) is 36.0 Å². The van der Waals surface area contributed by atoms with E-state index in [1.54, 1.807) is 6.92 Å². The Balaban J connectivity index is 1.94. The molecule has 0 aromatic heterocycles.